The summed E-state index contributed by atoms with van der Waals surface area (Å²) in [6, 6.07) is 8.41. The van der Waals surface area contributed by atoms with Crippen LogP contribution in [0.4, 0.5) is 0 Å². The van der Waals surface area contributed by atoms with E-state index in [9.17, 15) is 14.7 Å². The summed E-state index contributed by atoms with van der Waals surface area (Å²) in [6.45, 7) is -0.287. The molecule has 15 heavy (non-hydrogen) atoms. The molecule has 1 aromatic carbocycles. The average Bonchev–Trinajstić information content (AvgIpc) is 2.59. The van der Waals surface area contributed by atoms with Crippen LogP contribution < -0.4 is 0 Å². The molecule has 1 aliphatic heterocycles. The SMILES string of the molecule is O=C1COC(=O)/C1=C(/O)c1ccccc1. The molecule has 1 saturated heterocycles. The number of cyclic esters (lactones) is 1. The smallest absolute Gasteiger partial charge is 0.346 e. The molecule has 4 heteroatoms. The monoisotopic (exact) mass is 204 g/mol. The minimum Gasteiger partial charge on any atom is -0.506 e. The minimum atomic E-state index is -0.763. The standard InChI is InChI=1S/C11H8O4/c12-8-6-15-11(14)9(8)10(13)7-4-2-1-3-5-7/h1-5,13H,6H2/b10-9+. The van der Waals surface area contributed by atoms with Gasteiger partial charge in [-0.15, -0.1) is 0 Å². The Labute approximate surface area is 85.8 Å². The van der Waals surface area contributed by atoms with Crippen LogP contribution in [0.2, 0.25) is 0 Å². The van der Waals surface area contributed by atoms with Crippen molar-refractivity contribution in [2.45, 2.75) is 0 Å². The van der Waals surface area contributed by atoms with E-state index in [1.54, 1.807) is 30.3 Å². The number of ether oxygens (including phenoxy) is 1. The van der Waals surface area contributed by atoms with E-state index in [1.165, 1.54) is 0 Å². The van der Waals surface area contributed by atoms with Gasteiger partial charge in [-0.05, 0) is 0 Å². The van der Waals surface area contributed by atoms with Gasteiger partial charge in [-0.2, -0.15) is 0 Å². The summed E-state index contributed by atoms with van der Waals surface area (Å²) >= 11 is 0. The predicted octanol–water partition coefficient (Wildman–Crippen LogP) is 1.08. The number of hydrogen-bond acceptors (Lipinski definition) is 4. The van der Waals surface area contributed by atoms with Gasteiger partial charge in [0.25, 0.3) is 0 Å². The van der Waals surface area contributed by atoms with E-state index in [0.717, 1.165) is 0 Å². The predicted molar refractivity (Wildman–Crippen MR) is 52.0 cm³/mol. The van der Waals surface area contributed by atoms with Crippen LogP contribution >= 0.6 is 0 Å². The van der Waals surface area contributed by atoms with E-state index in [-0.39, 0.29) is 17.9 Å². The van der Waals surface area contributed by atoms with Crippen molar-refractivity contribution in [2.24, 2.45) is 0 Å². The zero-order chi connectivity index (χ0) is 10.8. The Morgan fingerprint density at radius 2 is 1.87 bits per heavy atom. The number of esters is 1. The van der Waals surface area contributed by atoms with Crippen molar-refractivity contribution in [3.05, 3.63) is 41.5 Å². The molecular weight excluding hydrogens is 196 g/mol. The summed E-state index contributed by atoms with van der Waals surface area (Å²) in [7, 11) is 0. The maximum atomic E-state index is 11.2. The van der Waals surface area contributed by atoms with Crippen LogP contribution in [0.25, 0.3) is 5.76 Å². The second kappa shape index (κ2) is 3.57. The van der Waals surface area contributed by atoms with Crippen molar-refractivity contribution in [1.29, 1.82) is 0 Å². The Hall–Kier alpha value is -2.10. The fourth-order valence-corrected chi connectivity index (χ4v) is 1.36. The van der Waals surface area contributed by atoms with E-state index in [4.69, 9.17) is 0 Å². The summed E-state index contributed by atoms with van der Waals surface area (Å²) < 4.78 is 4.51. The largest absolute Gasteiger partial charge is 0.506 e. The van der Waals surface area contributed by atoms with Gasteiger partial charge in [0.2, 0.25) is 5.78 Å². The van der Waals surface area contributed by atoms with E-state index in [1.807, 2.05) is 0 Å². The first kappa shape index (κ1) is 9.45. The summed E-state index contributed by atoms with van der Waals surface area (Å²) in [5, 5.41) is 9.72. The first-order valence-corrected chi connectivity index (χ1v) is 4.39. The molecule has 1 aromatic rings. The van der Waals surface area contributed by atoms with Crippen LogP contribution in [-0.4, -0.2) is 23.5 Å². The third-order valence-corrected chi connectivity index (χ3v) is 2.10. The first-order chi connectivity index (χ1) is 7.20. The molecule has 76 valence electrons. The van der Waals surface area contributed by atoms with Crippen molar-refractivity contribution < 1.29 is 19.4 Å². The zero-order valence-corrected chi connectivity index (χ0v) is 7.77. The van der Waals surface area contributed by atoms with Crippen LogP contribution in [0, 0.1) is 0 Å². The Bertz CT molecular complexity index is 427. The number of aliphatic hydroxyl groups is 1. The molecule has 0 radical (unpaired) electrons. The Balaban J connectivity index is 2.50. The van der Waals surface area contributed by atoms with E-state index in [2.05, 4.69) is 4.74 Å². The highest BCUT2D eigenvalue weighted by Crippen LogP contribution is 2.20. The van der Waals surface area contributed by atoms with E-state index < -0.39 is 11.8 Å². The molecule has 0 aromatic heterocycles. The van der Waals surface area contributed by atoms with Crippen molar-refractivity contribution in [3.8, 4) is 0 Å². The van der Waals surface area contributed by atoms with Crippen LogP contribution in [0.3, 0.4) is 0 Å². The fourth-order valence-electron chi connectivity index (χ4n) is 1.36. The molecule has 1 aliphatic rings. The Kier molecular flexibility index (Phi) is 2.25. The quantitative estimate of drug-likeness (QED) is 0.322. The van der Waals surface area contributed by atoms with Gasteiger partial charge in [-0.1, -0.05) is 30.3 Å². The van der Waals surface area contributed by atoms with Crippen molar-refractivity contribution >= 4 is 17.5 Å². The summed E-state index contributed by atoms with van der Waals surface area (Å²) in [4.78, 5) is 22.4. The van der Waals surface area contributed by atoms with E-state index >= 15 is 0 Å². The number of carbonyl (C=O) groups excluding carboxylic acids is 2. The van der Waals surface area contributed by atoms with Gasteiger partial charge < -0.3 is 9.84 Å². The van der Waals surface area contributed by atoms with Crippen molar-refractivity contribution in [3.63, 3.8) is 0 Å². The number of carbonyl (C=O) groups is 2. The Morgan fingerprint density at radius 1 is 1.20 bits per heavy atom. The summed E-state index contributed by atoms with van der Waals surface area (Å²) in [5.74, 6) is -1.56. The summed E-state index contributed by atoms with van der Waals surface area (Å²) in [5.41, 5.74) is 0.168. The summed E-state index contributed by atoms with van der Waals surface area (Å²) in [6.07, 6.45) is 0. The number of hydrogen-bond donors (Lipinski definition) is 1. The maximum Gasteiger partial charge on any atom is 0.346 e. The molecule has 1 N–H and O–H groups in total. The topological polar surface area (TPSA) is 63.6 Å². The average molecular weight is 204 g/mol. The fraction of sp³-hybridized carbons (Fsp3) is 0.0909. The van der Waals surface area contributed by atoms with Gasteiger partial charge in [0.15, 0.2) is 6.61 Å². The molecule has 0 aliphatic carbocycles. The number of ketones is 1. The number of Topliss-reactive ketones (excluding diaryl/α,β-unsaturated/α-hetero) is 1. The normalized spacial score (nSPS) is 18.9. The molecule has 1 fully saturated rings. The number of rotatable bonds is 1. The first-order valence-electron chi connectivity index (χ1n) is 4.39. The third kappa shape index (κ3) is 1.61. The van der Waals surface area contributed by atoms with Gasteiger partial charge in [0.1, 0.15) is 11.3 Å². The lowest BCUT2D eigenvalue weighted by Gasteiger charge is -2.00. The van der Waals surface area contributed by atoms with Gasteiger partial charge in [-0.3, -0.25) is 4.79 Å². The molecule has 1 heterocycles. The number of aliphatic hydroxyl groups excluding tert-OH is 1. The highest BCUT2D eigenvalue weighted by Gasteiger charge is 2.32. The van der Waals surface area contributed by atoms with Gasteiger partial charge >= 0.3 is 5.97 Å². The lowest BCUT2D eigenvalue weighted by molar-refractivity contribution is -0.135. The van der Waals surface area contributed by atoms with Crippen LogP contribution in [-0.2, 0) is 14.3 Å². The number of benzene rings is 1. The second-order valence-electron chi connectivity index (χ2n) is 3.09. The molecule has 0 saturated carbocycles. The molecule has 2 rings (SSSR count). The lowest BCUT2D eigenvalue weighted by Crippen LogP contribution is -2.05. The maximum absolute atomic E-state index is 11.2. The Morgan fingerprint density at radius 3 is 2.40 bits per heavy atom. The van der Waals surface area contributed by atoms with Crippen molar-refractivity contribution in [2.75, 3.05) is 6.61 Å². The molecule has 0 bridgehead atoms. The lowest BCUT2D eigenvalue weighted by atomic mass is 10.1. The molecule has 0 atom stereocenters. The minimum absolute atomic E-state index is 0.263. The highest BCUT2D eigenvalue weighted by molar-refractivity contribution is 6.25. The van der Waals surface area contributed by atoms with Gasteiger partial charge in [0, 0.05) is 5.56 Å². The molecule has 0 spiro atoms. The van der Waals surface area contributed by atoms with Crippen LogP contribution in [0.15, 0.2) is 35.9 Å². The van der Waals surface area contributed by atoms with Gasteiger partial charge in [0.05, 0.1) is 0 Å². The molecule has 0 unspecified atom stereocenters. The van der Waals surface area contributed by atoms with Crippen LogP contribution in [0.5, 0.6) is 0 Å². The molecule has 4 nitrogen and oxygen atoms in total. The third-order valence-electron chi connectivity index (χ3n) is 2.10. The van der Waals surface area contributed by atoms with Gasteiger partial charge in [-0.25, -0.2) is 4.79 Å². The van der Waals surface area contributed by atoms with E-state index in [0.29, 0.717) is 5.56 Å². The van der Waals surface area contributed by atoms with Crippen molar-refractivity contribution in [1.82, 2.24) is 0 Å². The zero-order valence-electron chi connectivity index (χ0n) is 7.77. The molecule has 0 amide bonds. The molecular formula is C11H8O4. The highest BCUT2D eigenvalue weighted by atomic mass is 16.5. The van der Waals surface area contributed by atoms with Crippen LogP contribution in [0.1, 0.15) is 5.56 Å². The second-order valence-corrected chi connectivity index (χ2v) is 3.09.